The molecule has 0 amide bonds. The first-order valence-corrected chi connectivity index (χ1v) is 10.7. The van der Waals surface area contributed by atoms with Crippen LogP contribution in [0.2, 0.25) is 0 Å². The Bertz CT molecular complexity index is 699. The zero-order chi connectivity index (χ0) is 19.1. The Hall–Kier alpha value is -1.83. The lowest BCUT2D eigenvalue weighted by atomic mass is 9.80. The number of rotatable bonds is 8. The first-order valence-electron chi connectivity index (χ1n) is 10.7. The van der Waals surface area contributed by atoms with Gasteiger partial charge >= 0.3 is 0 Å². The van der Waals surface area contributed by atoms with Gasteiger partial charge in [-0.2, -0.15) is 0 Å². The van der Waals surface area contributed by atoms with Crippen molar-refractivity contribution in [2.24, 2.45) is 11.8 Å². The summed E-state index contributed by atoms with van der Waals surface area (Å²) in [6, 6.07) is 13.5. The Morgan fingerprint density at radius 1 is 0.889 bits per heavy atom. The maximum Gasteiger partial charge on any atom is 0.134 e. The molecule has 1 aliphatic carbocycles. The molecule has 1 fully saturated rings. The summed E-state index contributed by atoms with van der Waals surface area (Å²) in [5, 5.41) is 0. The van der Waals surface area contributed by atoms with Crippen LogP contribution < -0.4 is 4.74 Å². The van der Waals surface area contributed by atoms with Gasteiger partial charge in [0.25, 0.3) is 0 Å². The molecule has 0 N–H and O–H groups in total. The lowest BCUT2D eigenvalue weighted by Gasteiger charge is -2.28. The second-order valence-electron chi connectivity index (χ2n) is 8.08. The molecule has 27 heavy (non-hydrogen) atoms. The van der Waals surface area contributed by atoms with Crippen molar-refractivity contribution in [1.82, 2.24) is 0 Å². The molecule has 1 aliphatic rings. The monoisotopic (exact) mass is 368 g/mol. The molecule has 0 saturated heterocycles. The molecule has 2 aromatic rings. The van der Waals surface area contributed by atoms with Crippen LogP contribution in [0.3, 0.4) is 0 Å². The molecule has 1 saturated carbocycles. The Labute approximate surface area is 164 Å². The van der Waals surface area contributed by atoms with Gasteiger partial charge in [-0.15, -0.1) is 0 Å². The minimum Gasteiger partial charge on any atom is -0.493 e. The normalized spacial score (nSPS) is 19.8. The molecular formula is C25H33FO. The number of hydrogen-bond donors (Lipinski definition) is 0. The quantitative estimate of drug-likeness (QED) is 0.471. The van der Waals surface area contributed by atoms with E-state index < -0.39 is 0 Å². The first kappa shape index (κ1) is 19.9. The zero-order valence-corrected chi connectivity index (χ0v) is 16.8. The van der Waals surface area contributed by atoms with Gasteiger partial charge in [0.05, 0.1) is 6.61 Å². The molecule has 0 bridgehead atoms. The van der Waals surface area contributed by atoms with Crippen molar-refractivity contribution in [2.75, 3.05) is 6.61 Å². The average molecular weight is 369 g/mol. The second kappa shape index (κ2) is 9.92. The highest BCUT2D eigenvalue weighted by Gasteiger charge is 2.21. The van der Waals surface area contributed by atoms with Crippen LogP contribution >= 0.6 is 0 Å². The van der Waals surface area contributed by atoms with Crippen LogP contribution in [0.4, 0.5) is 4.39 Å². The minimum atomic E-state index is -0.206. The summed E-state index contributed by atoms with van der Waals surface area (Å²) in [6.45, 7) is 5.15. The molecule has 146 valence electrons. The van der Waals surface area contributed by atoms with Crippen LogP contribution in [0.1, 0.15) is 64.4 Å². The molecule has 0 unspecified atom stereocenters. The number of hydrogen-bond acceptors (Lipinski definition) is 1. The first-order chi connectivity index (χ1) is 13.2. The highest BCUT2D eigenvalue weighted by atomic mass is 19.1. The number of benzene rings is 2. The zero-order valence-electron chi connectivity index (χ0n) is 16.8. The fourth-order valence-electron chi connectivity index (χ4n) is 4.27. The summed E-state index contributed by atoms with van der Waals surface area (Å²) in [6.07, 6.45) is 9.98. The molecule has 0 radical (unpaired) electrons. The van der Waals surface area contributed by atoms with E-state index in [1.165, 1.54) is 50.2 Å². The van der Waals surface area contributed by atoms with Crippen molar-refractivity contribution in [3.63, 3.8) is 0 Å². The van der Waals surface area contributed by atoms with Crippen LogP contribution in [0, 0.1) is 17.7 Å². The van der Waals surface area contributed by atoms with Gasteiger partial charge in [-0.25, -0.2) is 4.39 Å². The van der Waals surface area contributed by atoms with E-state index >= 15 is 0 Å². The fraction of sp³-hybridized carbons (Fsp3) is 0.520. The van der Waals surface area contributed by atoms with Crippen molar-refractivity contribution >= 4 is 0 Å². The maximum atomic E-state index is 14.6. The van der Waals surface area contributed by atoms with Crippen molar-refractivity contribution < 1.29 is 9.13 Å². The number of aryl methyl sites for hydroxylation is 1. The van der Waals surface area contributed by atoms with E-state index in [1.54, 1.807) is 0 Å². The van der Waals surface area contributed by atoms with Crippen molar-refractivity contribution in [1.29, 1.82) is 0 Å². The number of halogens is 1. The van der Waals surface area contributed by atoms with Gasteiger partial charge < -0.3 is 4.74 Å². The minimum absolute atomic E-state index is 0.206. The van der Waals surface area contributed by atoms with E-state index in [0.29, 0.717) is 23.8 Å². The summed E-state index contributed by atoms with van der Waals surface area (Å²) in [5.41, 5.74) is 2.87. The van der Waals surface area contributed by atoms with Gasteiger partial charge in [0, 0.05) is 11.6 Å². The van der Waals surface area contributed by atoms with Gasteiger partial charge in [-0.1, -0.05) is 70.2 Å². The molecule has 2 heteroatoms. The van der Waals surface area contributed by atoms with Crippen LogP contribution in [-0.4, -0.2) is 6.61 Å². The maximum absolute atomic E-state index is 14.6. The van der Waals surface area contributed by atoms with Crippen molar-refractivity contribution in [2.45, 2.75) is 65.2 Å². The topological polar surface area (TPSA) is 9.23 Å². The predicted molar refractivity (Wildman–Crippen MR) is 112 cm³/mol. The highest BCUT2D eigenvalue weighted by Crippen LogP contribution is 2.32. The SMILES string of the molecule is CCCc1ccc(-c2ccc(OCC3CCC(CCC)CC3)cc2F)cc1. The number of ether oxygens (including phenoxy) is 1. The van der Waals surface area contributed by atoms with Crippen molar-refractivity contribution in [3.05, 3.63) is 53.8 Å². The lowest BCUT2D eigenvalue weighted by Crippen LogP contribution is -2.20. The Balaban J connectivity index is 1.55. The molecule has 0 aromatic heterocycles. The van der Waals surface area contributed by atoms with Crippen LogP contribution in [0.5, 0.6) is 5.75 Å². The molecule has 2 aromatic carbocycles. The smallest absolute Gasteiger partial charge is 0.134 e. The summed E-state index contributed by atoms with van der Waals surface area (Å²) >= 11 is 0. The van der Waals surface area contributed by atoms with E-state index in [2.05, 4.69) is 26.0 Å². The third-order valence-corrected chi connectivity index (χ3v) is 5.89. The molecular weight excluding hydrogens is 335 g/mol. The Morgan fingerprint density at radius 2 is 1.59 bits per heavy atom. The average Bonchev–Trinajstić information content (AvgIpc) is 2.69. The van der Waals surface area contributed by atoms with Gasteiger partial charge in [0.2, 0.25) is 0 Å². The third kappa shape index (κ3) is 5.57. The Kier molecular flexibility index (Phi) is 7.32. The van der Waals surface area contributed by atoms with Gasteiger partial charge in [-0.3, -0.25) is 0 Å². The summed E-state index contributed by atoms with van der Waals surface area (Å²) in [5.74, 6) is 1.97. The van der Waals surface area contributed by atoms with Crippen LogP contribution in [0.15, 0.2) is 42.5 Å². The van der Waals surface area contributed by atoms with E-state index in [-0.39, 0.29) is 5.82 Å². The Morgan fingerprint density at radius 3 is 2.22 bits per heavy atom. The molecule has 1 nitrogen and oxygen atoms in total. The fourth-order valence-corrected chi connectivity index (χ4v) is 4.27. The van der Waals surface area contributed by atoms with E-state index in [0.717, 1.165) is 24.3 Å². The summed E-state index contributed by atoms with van der Waals surface area (Å²) in [4.78, 5) is 0. The predicted octanol–water partition coefficient (Wildman–Crippen LogP) is 7.43. The largest absolute Gasteiger partial charge is 0.493 e. The standard InChI is InChI=1S/C25H33FO/c1-3-5-19-7-9-21(10-8-19)18-27-23-15-16-24(25(26)17-23)22-13-11-20(6-4-2)12-14-22/h11-17,19,21H,3-10,18H2,1-2H3. The van der Waals surface area contributed by atoms with Crippen LogP contribution in [-0.2, 0) is 6.42 Å². The van der Waals surface area contributed by atoms with E-state index in [9.17, 15) is 4.39 Å². The van der Waals surface area contributed by atoms with Crippen molar-refractivity contribution in [3.8, 4) is 16.9 Å². The lowest BCUT2D eigenvalue weighted by molar-refractivity contribution is 0.178. The molecule has 0 atom stereocenters. The molecule has 0 heterocycles. The molecule has 0 aliphatic heterocycles. The molecule has 0 spiro atoms. The molecule has 3 rings (SSSR count). The second-order valence-corrected chi connectivity index (χ2v) is 8.08. The van der Waals surface area contributed by atoms with Gasteiger partial charge in [0.15, 0.2) is 0 Å². The van der Waals surface area contributed by atoms with Gasteiger partial charge in [0.1, 0.15) is 11.6 Å². The highest BCUT2D eigenvalue weighted by molar-refractivity contribution is 5.65. The van der Waals surface area contributed by atoms with E-state index in [4.69, 9.17) is 4.74 Å². The summed E-state index contributed by atoms with van der Waals surface area (Å²) < 4.78 is 20.5. The van der Waals surface area contributed by atoms with Crippen LogP contribution in [0.25, 0.3) is 11.1 Å². The third-order valence-electron chi connectivity index (χ3n) is 5.89. The summed E-state index contributed by atoms with van der Waals surface area (Å²) in [7, 11) is 0. The van der Waals surface area contributed by atoms with Gasteiger partial charge in [-0.05, 0) is 54.4 Å². The van der Waals surface area contributed by atoms with E-state index in [1.807, 2.05) is 24.3 Å².